The van der Waals surface area contributed by atoms with Crippen LogP contribution in [0.2, 0.25) is 5.02 Å². The molecule has 0 spiro atoms. The minimum absolute atomic E-state index is 0.205. The Balaban J connectivity index is 1.76. The SMILES string of the molecule is Cc1ccc(S(=O)(=O)N2[C@@H](c3ccccc3)[C@@H]2c2ccc(Cl)cc2)cc1. The molecule has 0 bridgehead atoms. The zero-order valence-electron chi connectivity index (χ0n) is 14.2. The highest BCUT2D eigenvalue weighted by Gasteiger charge is 2.56. The summed E-state index contributed by atoms with van der Waals surface area (Å²) in [7, 11) is -3.59. The van der Waals surface area contributed by atoms with Gasteiger partial charge in [-0.15, -0.1) is 0 Å². The topological polar surface area (TPSA) is 37.1 Å². The molecule has 0 saturated carbocycles. The first kappa shape index (κ1) is 17.3. The molecule has 0 aromatic heterocycles. The Morgan fingerprint density at radius 3 is 1.88 bits per heavy atom. The largest absolute Gasteiger partial charge is 0.244 e. The van der Waals surface area contributed by atoms with Crippen molar-refractivity contribution in [3.05, 3.63) is 101 Å². The maximum absolute atomic E-state index is 13.2. The Hall–Kier alpha value is -2.14. The molecule has 1 fully saturated rings. The lowest BCUT2D eigenvalue weighted by molar-refractivity contribution is 0.547. The molecule has 0 amide bonds. The van der Waals surface area contributed by atoms with Gasteiger partial charge in [-0.1, -0.05) is 71.8 Å². The predicted molar refractivity (Wildman–Crippen MR) is 104 cm³/mol. The summed E-state index contributed by atoms with van der Waals surface area (Å²) in [6, 6.07) is 23.7. The Morgan fingerprint density at radius 1 is 0.769 bits per heavy atom. The first-order valence-corrected chi connectivity index (χ1v) is 10.2. The number of sulfonamides is 1. The van der Waals surface area contributed by atoms with Gasteiger partial charge in [0.15, 0.2) is 0 Å². The standard InChI is InChI=1S/C21H18ClNO2S/c1-15-7-13-19(14-8-15)26(24,25)23-20(16-5-3-2-4-6-16)21(23)17-9-11-18(22)12-10-17/h2-14,20-21H,1H3/t20-,21-,23?/m0/s1. The third kappa shape index (κ3) is 3.05. The molecule has 3 nitrogen and oxygen atoms in total. The highest BCUT2D eigenvalue weighted by Crippen LogP contribution is 2.57. The third-order valence-corrected chi connectivity index (χ3v) is 6.84. The molecular weight excluding hydrogens is 366 g/mol. The monoisotopic (exact) mass is 383 g/mol. The first-order valence-electron chi connectivity index (χ1n) is 8.39. The fourth-order valence-corrected chi connectivity index (χ4v) is 5.18. The fourth-order valence-electron chi connectivity index (χ4n) is 3.31. The van der Waals surface area contributed by atoms with Gasteiger partial charge in [0.25, 0.3) is 0 Å². The van der Waals surface area contributed by atoms with Crippen molar-refractivity contribution in [2.24, 2.45) is 0 Å². The zero-order chi connectivity index (χ0) is 18.3. The van der Waals surface area contributed by atoms with Crippen molar-refractivity contribution in [1.29, 1.82) is 0 Å². The molecule has 5 heteroatoms. The zero-order valence-corrected chi connectivity index (χ0v) is 15.8. The lowest BCUT2D eigenvalue weighted by Crippen LogP contribution is -2.13. The van der Waals surface area contributed by atoms with E-state index in [9.17, 15) is 8.42 Å². The quantitative estimate of drug-likeness (QED) is 0.585. The van der Waals surface area contributed by atoms with E-state index in [0.29, 0.717) is 9.92 Å². The molecular formula is C21H18ClNO2S. The van der Waals surface area contributed by atoms with Crippen LogP contribution in [0.15, 0.2) is 83.8 Å². The van der Waals surface area contributed by atoms with Gasteiger partial charge >= 0.3 is 0 Å². The van der Waals surface area contributed by atoms with E-state index in [1.807, 2.05) is 61.5 Å². The van der Waals surface area contributed by atoms with Crippen molar-refractivity contribution in [2.45, 2.75) is 23.9 Å². The molecule has 1 saturated heterocycles. The molecule has 3 aromatic rings. The highest BCUT2D eigenvalue weighted by molar-refractivity contribution is 7.89. The van der Waals surface area contributed by atoms with Crippen LogP contribution in [0.25, 0.3) is 0 Å². The van der Waals surface area contributed by atoms with E-state index in [-0.39, 0.29) is 12.1 Å². The average molecular weight is 384 g/mol. The second kappa shape index (κ2) is 6.54. The average Bonchev–Trinajstić information content (AvgIpc) is 3.40. The maximum Gasteiger partial charge on any atom is 0.244 e. The van der Waals surface area contributed by atoms with Crippen LogP contribution < -0.4 is 0 Å². The Labute approximate surface area is 158 Å². The molecule has 1 aliphatic rings. The van der Waals surface area contributed by atoms with Gasteiger partial charge in [0.2, 0.25) is 10.0 Å². The van der Waals surface area contributed by atoms with E-state index in [0.717, 1.165) is 16.7 Å². The van der Waals surface area contributed by atoms with Gasteiger partial charge in [0.1, 0.15) is 0 Å². The van der Waals surface area contributed by atoms with E-state index >= 15 is 0 Å². The predicted octanol–water partition coefficient (Wildman–Crippen LogP) is 5.14. The lowest BCUT2D eigenvalue weighted by atomic mass is 10.0. The molecule has 1 aliphatic heterocycles. The van der Waals surface area contributed by atoms with E-state index < -0.39 is 10.0 Å². The highest BCUT2D eigenvalue weighted by atomic mass is 35.5. The second-order valence-electron chi connectivity index (χ2n) is 6.50. The Bertz CT molecular complexity index is 1020. The van der Waals surface area contributed by atoms with E-state index in [4.69, 9.17) is 11.6 Å². The van der Waals surface area contributed by atoms with Crippen molar-refractivity contribution in [1.82, 2.24) is 4.31 Å². The summed E-state index contributed by atoms with van der Waals surface area (Å²) in [5.74, 6) is 0. The molecule has 132 valence electrons. The van der Waals surface area contributed by atoms with Gasteiger partial charge < -0.3 is 0 Å². The van der Waals surface area contributed by atoms with Crippen LogP contribution in [0, 0.1) is 6.92 Å². The van der Waals surface area contributed by atoms with E-state index in [1.54, 1.807) is 28.6 Å². The molecule has 1 heterocycles. The van der Waals surface area contributed by atoms with Crippen LogP contribution in [-0.4, -0.2) is 12.7 Å². The summed E-state index contributed by atoms with van der Waals surface area (Å²) >= 11 is 6.00. The van der Waals surface area contributed by atoms with Crippen molar-refractivity contribution < 1.29 is 8.42 Å². The summed E-state index contributed by atoms with van der Waals surface area (Å²) in [4.78, 5) is 0.320. The maximum atomic E-state index is 13.2. The van der Waals surface area contributed by atoms with E-state index in [1.165, 1.54) is 0 Å². The summed E-state index contributed by atoms with van der Waals surface area (Å²) in [6.45, 7) is 1.94. The molecule has 0 N–H and O–H groups in total. The van der Waals surface area contributed by atoms with Crippen molar-refractivity contribution >= 4 is 21.6 Å². The Kier molecular flexibility index (Phi) is 4.35. The number of benzene rings is 3. The summed E-state index contributed by atoms with van der Waals surface area (Å²) < 4.78 is 28.1. The Morgan fingerprint density at radius 2 is 1.31 bits per heavy atom. The van der Waals surface area contributed by atoms with Gasteiger partial charge in [-0.2, -0.15) is 4.31 Å². The number of aryl methyl sites for hydroxylation is 1. The molecule has 0 radical (unpaired) electrons. The second-order valence-corrected chi connectivity index (χ2v) is 8.78. The van der Waals surface area contributed by atoms with Crippen LogP contribution in [0.4, 0.5) is 0 Å². The minimum atomic E-state index is -3.59. The normalized spacial score (nSPS) is 22.2. The smallest absolute Gasteiger partial charge is 0.207 e. The van der Waals surface area contributed by atoms with Crippen LogP contribution in [-0.2, 0) is 10.0 Å². The molecule has 1 unspecified atom stereocenters. The van der Waals surface area contributed by atoms with Crippen LogP contribution in [0.1, 0.15) is 28.8 Å². The number of nitrogens with zero attached hydrogens (tertiary/aromatic N) is 1. The van der Waals surface area contributed by atoms with Gasteiger partial charge in [-0.3, -0.25) is 0 Å². The van der Waals surface area contributed by atoms with Crippen molar-refractivity contribution in [3.8, 4) is 0 Å². The summed E-state index contributed by atoms with van der Waals surface area (Å²) in [5, 5.41) is 0.638. The van der Waals surface area contributed by atoms with Crippen molar-refractivity contribution in [2.75, 3.05) is 0 Å². The first-order chi connectivity index (χ1) is 12.5. The number of hydrogen-bond acceptors (Lipinski definition) is 2. The third-order valence-electron chi connectivity index (χ3n) is 4.71. The van der Waals surface area contributed by atoms with Gasteiger partial charge in [0.05, 0.1) is 17.0 Å². The van der Waals surface area contributed by atoms with Gasteiger partial charge in [-0.25, -0.2) is 8.42 Å². The van der Waals surface area contributed by atoms with E-state index in [2.05, 4.69) is 0 Å². The molecule has 3 atom stereocenters. The number of halogens is 1. The summed E-state index contributed by atoms with van der Waals surface area (Å²) in [5.41, 5.74) is 2.96. The van der Waals surface area contributed by atoms with Gasteiger partial charge in [0, 0.05) is 5.02 Å². The van der Waals surface area contributed by atoms with Crippen molar-refractivity contribution in [3.63, 3.8) is 0 Å². The van der Waals surface area contributed by atoms with Crippen LogP contribution in [0.3, 0.4) is 0 Å². The number of rotatable bonds is 4. The molecule has 3 aromatic carbocycles. The molecule has 26 heavy (non-hydrogen) atoms. The lowest BCUT2D eigenvalue weighted by Gasteiger charge is -2.07. The molecule has 0 aliphatic carbocycles. The summed E-state index contributed by atoms with van der Waals surface area (Å²) in [6.07, 6.45) is 0. The van der Waals surface area contributed by atoms with Gasteiger partial charge in [-0.05, 0) is 42.3 Å². The molecule has 4 rings (SSSR count). The van der Waals surface area contributed by atoms with Crippen LogP contribution in [0.5, 0.6) is 0 Å². The minimum Gasteiger partial charge on any atom is -0.207 e. The van der Waals surface area contributed by atoms with Crippen LogP contribution >= 0.6 is 11.6 Å². The fraction of sp³-hybridized carbons (Fsp3) is 0.143. The number of hydrogen-bond donors (Lipinski definition) is 0.